The molecule has 0 spiro atoms. The summed E-state index contributed by atoms with van der Waals surface area (Å²) < 4.78 is 10.5. The van der Waals surface area contributed by atoms with Crippen LogP contribution < -0.4 is 14.8 Å². The molecule has 0 aliphatic rings. The van der Waals surface area contributed by atoms with Crippen LogP contribution >= 0.6 is 11.6 Å². The van der Waals surface area contributed by atoms with Gasteiger partial charge in [-0.05, 0) is 42.8 Å². The van der Waals surface area contributed by atoms with E-state index < -0.39 is 5.91 Å². The summed E-state index contributed by atoms with van der Waals surface area (Å²) in [4.78, 5) is 12.3. The maximum atomic E-state index is 12.3. The Balaban J connectivity index is 2.20. The number of methoxy groups -OCH3 is 1. The van der Waals surface area contributed by atoms with Crippen LogP contribution in [0.5, 0.6) is 11.5 Å². The number of nitrogens with zero attached hydrogens (tertiary/aromatic N) is 1. The average molecular weight is 357 g/mol. The van der Waals surface area contributed by atoms with E-state index in [1.165, 1.54) is 13.2 Å². The SMILES string of the molecule is CCOc1ccc(/C=C(/C#N)C(=O)Nc2cccc(OC)c2)cc1Cl. The van der Waals surface area contributed by atoms with Gasteiger partial charge in [0.2, 0.25) is 0 Å². The molecule has 0 saturated carbocycles. The molecular weight excluding hydrogens is 340 g/mol. The van der Waals surface area contributed by atoms with Crippen LogP contribution in [0.2, 0.25) is 5.02 Å². The van der Waals surface area contributed by atoms with Crippen molar-refractivity contribution in [2.45, 2.75) is 6.92 Å². The van der Waals surface area contributed by atoms with E-state index in [4.69, 9.17) is 21.1 Å². The Morgan fingerprint density at radius 1 is 1.32 bits per heavy atom. The zero-order chi connectivity index (χ0) is 18.2. The maximum absolute atomic E-state index is 12.3. The second-order valence-electron chi connectivity index (χ2n) is 4.98. The Kier molecular flexibility index (Phi) is 6.44. The first-order valence-corrected chi connectivity index (χ1v) is 7.94. The largest absolute Gasteiger partial charge is 0.497 e. The molecule has 2 rings (SSSR count). The van der Waals surface area contributed by atoms with Gasteiger partial charge in [-0.2, -0.15) is 5.26 Å². The number of ether oxygens (including phenoxy) is 2. The van der Waals surface area contributed by atoms with Crippen LogP contribution in [0.15, 0.2) is 48.0 Å². The molecule has 0 aliphatic carbocycles. The summed E-state index contributed by atoms with van der Waals surface area (Å²) in [5, 5.41) is 12.4. The highest BCUT2D eigenvalue weighted by Crippen LogP contribution is 2.26. The zero-order valence-corrected chi connectivity index (χ0v) is 14.6. The third-order valence-corrected chi connectivity index (χ3v) is 3.55. The van der Waals surface area contributed by atoms with E-state index in [1.54, 1.807) is 42.5 Å². The van der Waals surface area contributed by atoms with Crippen molar-refractivity contribution in [1.29, 1.82) is 5.26 Å². The van der Waals surface area contributed by atoms with Gasteiger partial charge in [0, 0.05) is 11.8 Å². The first kappa shape index (κ1) is 18.4. The Bertz CT molecular complexity index is 841. The van der Waals surface area contributed by atoms with Gasteiger partial charge in [-0.3, -0.25) is 4.79 Å². The van der Waals surface area contributed by atoms with Crippen molar-refractivity contribution in [3.63, 3.8) is 0 Å². The smallest absolute Gasteiger partial charge is 0.266 e. The van der Waals surface area contributed by atoms with Crippen LogP contribution in [0.4, 0.5) is 5.69 Å². The third kappa shape index (κ3) is 5.00. The summed E-state index contributed by atoms with van der Waals surface area (Å²) in [6.45, 7) is 2.36. The van der Waals surface area contributed by atoms with E-state index in [-0.39, 0.29) is 5.57 Å². The lowest BCUT2D eigenvalue weighted by Gasteiger charge is -2.07. The van der Waals surface area contributed by atoms with Crippen LogP contribution in [0.1, 0.15) is 12.5 Å². The standard InChI is InChI=1S/C19H17ClN2O3/c1-3-25-18-8-7-13(10-17(18)20)9-14(12-21)19(23)22-15-5-4-6-16(11-15)24-2/h4-11H,3H2,1-2H3,(H,22,23)/b14-9-. The number of carbonyl (C=O) groups is 1. The van der Waals surface area contributed by atoms with E-state index in [1.807, 2.05) is 13.0 Å². The molecule has 6 heteroatoms. The quantitative estimate of drug-likeness (QED) is 0.619. The molecule has 0 bridgehead atoms. The second-order valence-corrected chi connectivity index (χ2v) is 5.39. The van der Waals surface area contributed by atoms with Gasteiger partial charge in [0.05, 0.1) is 18.7 Å². The summed E-state index contributed by atoms with van der Waals surface area (Å²) >= 11 is 6.13. The van der Waals surface area contributed by atoms with Crippen molar-refractivity contribution in [3.05, 3.63) is 58.6 Å². The number of carbonyl (C=O) groups excluding carboxylic acids is 1. The van der Waals surface area contributed by atoms with Crippen molar-refractivity contribution in [2.24, 2.45) is 0 Å². The van der Waals surface area contributed by atoms with Gasteiger partial charge in [0.15, 0.2) is 0 Å². The average Bonchev–Trinajstić information content (AvgIpc) is 2.62. The van der Waals surface area contributed by atoms with Gasteiger partial charge in [-0.15, -0.1) is 0 Å². The molecule has 0 atom stereocenters. The van der Waals surface area contributed by atoms with Gasteiger partial charge in [-0.25, -0.2) is 0 Å². The van der Waals surface area contributed by atoms with Crippen LogP contribution in [-0.2, 0) is 4.79 Å². The molecule has 128 valence electrons. The van der Waals surface area contributed by atoms with Gasteiger partial charge < -0.3 is 14.8 Å². The zero-order valence-electron chi connectivity index (χ0n) is 13.9. The maximum Gasteiger partial charge on any atom is 0.266 e. The molecule has 0 heterocycles. The Morgan fingerprint density at radius 3 is 2.76 bits per heavy atom. The third-order valence-electron chi connectivity index (χ3n) is 3.26. The second kappa shape index (κ2) is 8.76. The highest BCUT2D eigenvalue weighted by molar-refractivity contribution is 6.32. The number of benzene rings is 2. The number of nitrogens with one attached hydrogen (secondary N) is 1. The van der Waals surface area contributed by atoms with Gasteiger partial charge in [-0.1, -0.05) is 23.7 Å². The Labute approximate surface area is 151 Å². The fourth-order valence-electron chi connectivity index (χ4n) is 2.09. The topological polar surface area (TPSA) is 71.3 Å². The summed E-state index contributed by atoms with van der Waals surface area (Å²) in [5.41, 5.74) is 1.13. The molecule has 5 nitrogen and oxygen atoms in total. The highest BCUT2D eigenvalue weighted by atomic mass is 35.5. The summed E-state index contributed by atoms with van der Waals surface area (Å²) in [7, 11) is 1.54. The normalized spacial score (nSPS) is 10.7. The lowest BCUT2D eigenvalue weighted by Crippen LogP contribution is -2.13. The fraction of sp³-hybridized carbons (Fsp3) is 0.158. The number of halogens is 1. The number of anilines is 1. The molecule has 0 unspecified atom stereocenters. The van der Waals surface area contributed by atoms with Crippen molar-refractivity contribution in [1.82, 2.24) is 0 Å². The van der Waals surface area contributed by atoms with Crippen LogP contribution in [0.25, 0.3) is 6.08 Å². The number of rotatable bonds is 6. The highest BCUT2D eigenvalue weighted by Gasteiger charge is 2.11. The van der Waals surface area contributed by atoms with Crippen molar-refractivity contribution < 1.29 is 14.3 Å². The van der Waals surface area contributed by atoms with Crippen molar-refractivity contribution >= 4 is 29.3 Å². The lowest BCUT2D eigenvalue weighted by molar-refractivity contribution is -0.112. The Morgan fingerprint density at radius 2 is 2.12 bits per heavy atom. The van der Waals surface area contributed by atoms with Gasteiger partial charge >= 0.3 is 0 Å². The number of hydrogen-bond acceptors (Lipinski definition) is 4. The van der Waals surface area contributed by atoms with E-state index in [0.717, 1.165) is 0 Å². The number of hydrogen-bond donors (Lipinski definition) is 1. The molecule has 1 N–H and O–H groups in total. The summed E-state index contributed by atoms with van der Waals surface area (Å²) in [6.07, 6.45) is 1.47. The molecule has 25 heavy (non-hydrogen) atoms. The lowest BCUT2D eigenvalue weighted by atomic mass is 10.1. The number of nitriles is 1. The molecule has 2 aromatic rings. The molecule has 0 saturated heterocycles. The first-order valence-electron chi connectivity index (χ1n) is 7.57. The van der Waals surface area contributed by atoms with E-state index in [0.29, 0.717) is 34.4 Å². The molecule has 0 aromatic heterocycles. The van der Waals surface area contributed by atoms with Crippen molar-refractivity contribution in [3.8, 4) is 17.6 Å². The first-order chi connectivity index (χ1) is 12.1. The Hall–Kier alpha value is -2.97. The minimum Gasteiger partial charge on any atom is -0.497 e. The molecule has 0 fully saturated rings. The minimum absolute atomic E-state index is 0.0388. The van der Waals surface area contributed by atoms with E-state index in [2.05, 4.69) is 5.32 Å². The monoisotopic (exact) mass is 356 g/mol. The van der Waals surface area contributed by atoms with Crippen LogP contribution in [-0.4, -0.2) is 19.6 Å². The predicted octanol–water partition coefficient (Wildman–Crippen LogP) is 4.29. The number of amides is 1. The minimum atomic E-state index is -0.513. The molecule has 0 aliphatic heterocycles. The fourth-order valence-corrected chi connectivity index (χ4v) is 2.34. The van der Waals surface area contributed by atoms with Crippen molar-refractivity contribution in [2.75, 3.05) is 19.0 Å². The predicted molar refractivity (Wildman–Crippen MR) is 97.8 cm³/mol. The summed E-state index contributed by atoms with van der Waals surface area (Å²) in [6, 6.07) is 13.9. The molecule has 1 amide bonds. The molecular formula is C19H17ClN2O3. The van der Waals surface area contributed by atoms with Crippen LogP contribution in [0, 0.1) is 11.3 Å². The molecule has 2 aromatic carbocycles. The van der Waals surface area contributed by atoms with E-state index >= 15 is 0 Å². The molecule has 0 radical (unpaired) electrons. The van der Waals surface area contributed by atoms with Gasteiger partial charge in [0.1, 0.15) is 23.1 Å². The van der Waals surface area contributed by atoms with Gasteiger partial charge in [0.25, 0.3) is 5.91 Å². The summed E-state index contributed by atoms with van der Waals surface area (Å²) in [5.74, 6) is 0.653. The van der Waals surface area contributed by atoms with E-state index in [9.17, 15) is 10.1 Å². The van der Waals surface area contributed by atoms with Crippen LogP contribution in [0.3, 0.4) is 0 Å².